The number of piperidine rings is 1. The number of rotatable bonds is 6. The van der Waals surface area contributed by atoms with Crippen molar-refractivity contribution in [2.24, 2.45) is 0 Å². The van der Waals surface area contributed by atoms with Gasteiger partial charge in [0.2, 0.25) is 5.91 Å². The van der Waals surface area contributed by atoms with Crippen LogP contribution in [0.3, 0.4) is 0 Å². The monoisotopic (exact) mass is 328 g/mol. The van der Waals surface area contributed by atoms with E-state index in [1.165, 1.54) is 0 Å². The van der Waals surface area contributed by atoms with E-state index in [1.807, 2.05) is 13.0 Å². The molecule has 0 bridgehead atoms. The van der Waals surface area contributed by atoms with E-state index in [2.05, 4.69) is 10.6 Å². The summed E-state index contributed by atoms with van der Waals surface area (Å²) in [6, 6.07) is 5.31. The molecular formula is C15H21ClN2O2S. The molecule has 116 valence electrons. The molecule has 0 aliphatic carbocycles. The normalized spacial score (nSPS) is 15.7. The number of amides is 1. The number of thioether (sulfide) groups is 1. The summed E-state index contributed by atoms with van der Waals surface area (Å²) < 4.78 is 5.37. The highest BCUT2D eigenvalue weighted by Crippen LogP contribution is 2.28. The summed E-state index contributed by atoms with van der Waals surface area (Å²) in [6.07, 6.45) is 2.26. The van der Waals surface area contributed by atoms with Crippen LogP contribution in [0.5, 0.6) is 5.75 Å². The van der Waals surface area contributed by atoms with Crippen molar-refractivity contribution in [3.05, 3.63) is 23.2 Å². The van der Waals surface area contributed by atoms with Crippen molar-refractivity contribution in [1.29, 1.82) is 0 Å². The number of carbonyl (C=O) groups is 1. The number of hydrogen-bond donors (Lipinski definition) is 2. The van der Waals surface area contributed by atoms with Crippen molar-refractivity contribution in [2.45, 2.75) is 25.0 Å². The standard InChI is InChI=1S/C15H21ClN2O2S/c1-2-20-14-4-3-11(9-13(14)16)18-15(19)10-21-12-5-7-17-8-6-12/h3-4,9,12,17H,2,5-8,10H2,1H3,(H,18,19). The summed E-state index contributed by atoms with van der Waals surface area (Å²) in [6.45, 7) is 4.57. The zero-order chi connectivity index (χ0) is 15.1. The summed E-state index contributed by atoms with van der Waals surface area (Å²) in [7, 11) is 0. The highest BCUT2D eigenvalue weighted by Gasteiger charge is 2.15. The molecule has 0 radical (unpaired) electrons. The summed E-state index contributed by atoms with van der Waals surface area (Å²) in [4.78, 5) is 12.0. The van der Waals surface area contributed by atoms with Crippen LogP contribution >= 0.6 is 23.4 Å². The molecule has 1 fully saturated rings. The maximum Gasteiger partial charge on any atom is 0.234 e. The third kappa shape index (κ3) is 5.41. The third-order valence-corrected chi connectivity index (χ3v) is 4.92. The molecule has 1 aromatic carbocycles. The Morgan fingerprint density at radius 3 is 2.90 bits per heavy atom. The number of halogens is 1. The number of hydrogen-bond acceptors (Lipinski definition) is 4. The van der Waals surface area contributed by atoms with Gasteiger partial charge in [0, 0.05) is 10.9 Å². The SMILES string of the molecule is CCOc1ccc(NC(=O)CSC2CCNCC2)cc1Cl. The second kappa shape index (κ2) is 8.51. The van der Waals surface area contributed by atoms with Gasteiger partial charge in [-0.25, -0.2) is 0 Å². The van der Waals surface area contributed by atoms with Crippen molar-refractivity contribution in [3.8, 4) is 5.75 Å². The number of anilines is 1. The van der Waals surface area contributed by atoms with Crippen LogP contribution in [0.1, 0.15) is 19.8 Å². The molecule has 2 N–H and O–H groups in total. The first-order valence-corrected chi connectivity index (χ1v) is 8.66. The maximum atomic E-state index is 12.0. The van der Waals surface area contributed by atoms with Crippen LogP contribution in [-0.4, -0.2) is 36.6 Å². The summed E-state index contributed by atoms with van der Waals surface area (Å²) in [5.74, 6) is 1.13. The second-order valence-corrected chi connectivity index (χ2v) is 6.58. The molecule has 0 unspecified atom stereocenters. The Balaban J connectivity index is 1.80. The predicted octanol–water partition coefficient (Wildman–Crippen LogP) is 3.16. The van der Waals surface area contributed by atoms with E-state index in [0.29, 0.717) is 34.1 Å². The molecule has 0 saturated carbocycles. The lowest BCUT2D eigenvalue weighted by Gasteiger charge is -2.21. The van der Waals surface area contributed by atoms with Gasteiger partial charge in [-0.3, -0.25) is 4.79 Å². The molecule has 1 amide bonds. The largest absolute Gasteiger partial charge is 0.492 e. The Morgan fingerprint density at radius 2 is 2.24 bits per heavy atom. The Kier molecular flexibility index (Phi) is 6.67. The highest BCUT2D eigenvalue weighted by atomic mass is 35.5. The van der Waals surface area contributed by atoms with E-state index in [4.69, 9.17) is 16.3 Å². The van der Waals surface area contributed by atoms with Crippen LogP contribution in [0.4, 0.5) is 5.69 Å². The first kappa shape index (κ1) is 16.5. The van der Waals surface area contributed by atoms with Gasteiger partial charge in [-0.05, 0) is 51.1 Å². The second-order valence-electron chi connectivity index (χ2n) is 4.89. The first-order chi connectivity index (χ1) is 10.2. The fraction of sp³-hybridized carbons (Fsp3) is 0.533. The summed E-state index contributed by atoms with van der Waals surface area (Å²) in [5, 5.41) is 7.30. The number of ether oxygens (including phenoxy) is 1. The van der Waals surface area contributed by atoms with E-state index < -0.39 is 0 Å². The van der Waals surface area contributed by atoms with E-state index >= 15 is 0 Å². The van der Waals surface area contributed by atoms with Gasteiger partial charge in [-0.2, -0.15) is 0 Å². The average molecular weight is 329 g/mol. The van der Waals surface area contributed by atoms with Crippen LogP contribution in [0.25, 0.3) is 0 Å². The molecule has 0 atom stereocenters. The van der Waals surface area contributed by atoms with Gasteiger partial charge >= 0.3 is 0 Å². The summed E-state index contributed by atoms with van der Waals surface area (Å²) in [5.41, 5.74) is 0.708. The van der Waals surface area contributed by atoms with E-state index in [-0.39, 0.29) is 5.91 Å². The van der Waals surface area contributed by atoms with Crippen LogP contribution < -0.4 is 15.4 Å². The van der Waals surface area contributed by atoms with Gasteiger partial charge in [0.25, 0.3) is 0 Å². The first-order valence-electron chi connectivity index (χ1n) is 7.23. The van der Waals surface area contributed by atoms with Gasteiger partial charge in [-0.1, -0.05) is 11.6 Å². The van der Waals surface area contributed by atoms with Crippen molar-refractivity contribution >= 4 is 35.0 Å². The fourth-order valence-corrected chi connectivity index (χ4v) is 3.47. The lowest BCUT2D eigenvalue weighted by Crippen LogP contribution is -2.30. The number of nitrogens with one attached hydrogen (secondary N) is 2. The smallest absolute Gasteiger partial charge is 0.234 e. The fourth-order valence-electron chi connectivity index (χ4n) is 2.20. The minimum atomic E-state index is 0.0127. The Bertz CT molecular complexity index is 479. The van der Waals surface area contributed by atoms with E-state index in [9.17, 15) is 4.79 Å². The molecule has 21 heavy (non-hydrogen) atoms. The van der Waals surface area contributed by atoms with E-state index in [0.717, 1.165) is 25.9 Å². The van der Waals surface area contributed by atoms with Gasteiger partial charge in [0.15, 0.2) is 0 Å². The number of carbonyl (C=O) groups excluding carboxylic acids is 1. The minimum Gasteiger partial charge on any atom is -0.492 e. The number of benzene rings is 1. The topological polar surface area (TPSA) is 50.4 Å². The third-order valence-electron chi connectivity index (χ3n) is 3.25. The molecule has 1 heterocycles. The molecule has 4 nitrogen and oxygen atoms in total. The Hall–Kier alpha value is -0.910. The zero-order valence-corrected chi connectivity index (χ0v) is 13.7. The molecule has 1 aromatic rings. The lowest BCUT2D eigenvalue weighted by molar-refractivity contribution is -0.113. The van der Waals surface area contributed by atoms with Crippen LogP contribution in [0.15, 0.2) is 18.2 Å². The molecule has 0 aromatic heterocycles. The van der Waals surface area contributed by atoms with Gasteiger partial charge in [0.1, 0.15) is 5.75 Å². The maximum absolute atomic E-state index is 12.0. The predicted molar refractivity (Wildman–Crippen MR) is 89.6 cm³/mol. The van der Waals surface area contributed by atoms with Gasteiger partial charge < -0.3 is 15.4 Å². The zero-order valence-electron chi connectivity index (χ0n) is 12.2. The molecule has 1 saturated heterocycles. The Labute approximate surface area is 135 Å². The van der Waals surface area contributed by atoms with Crippen LogP contribution in [-0.2, 0) is 4.79 Å². The van der Waals surface area contributed by atoms with Crippen molar-refractivity contribution in [3.63, 3.8) is 0 Å². The highest BCUT2D eigenvalue weighted by molar-refractivity contribution is 8.00. The van der Waals surface area contributed by atoms with Crippen molar-refractivity contribution < 1.29 is 9.53 Å². The van der Waals surface area contributed by atoms with Crippen molar-refractivity contribution in [1.82, 2.24) is 5.32 Å². The average Bonchev–Trinajstić information content (AvgIpc) is 2.49. The Morgan fingerprint density at radius 1 is 1.48 bits per heavy atom. The van der Waals surface area contributed by atoms with Crippen molar-refractivity contribution in [2.75, 3.05) is 30.8 Å². The van der Waals surface area contributed by atoms with E-state index in [1.54, 1.807) is 23.9 Å². The lowest BCUT2D eigenvalue weighted by atomic mass is 10.2. The molecular weight excluding hydrogens is 308 g/mol. The molecule has 1 aliphatic heterocycles. The van der Waals surface area contributed by atoms with Crippen LogP contribution in [0.2, 0.25) is 5.02 Å². The quantitative estimate of drug-likeness (QED) is 0.842. The summed E-state index contributed by atoms with van der Waals surface area (Å²) >= 11 is 7.83. The molecule has 6 heteroatoms. The molecule has 0 spiro atoms. The van der Waals surface area contributed by atoms with Gasteiger partial charge in [0.05, 0.1) is 17.4 Å². The molecule has 1 aliphatic rings. The molecule has 2 rings (SSSR count). The van der Waals surface area contributed by atoms with Gasteiger partial charge in [-0.15, -0.1) is 11.8 Å². The van der Waals surface area contributed by atoms with Crippen LogP contribution in [0, 0.1) is 0 Å². The minimum absolute atomic E-state index is 0.0127.